The summed E-state index contributed by atoms with van der Waals surface area (Å²) in [6.07, 6.45) is -4.68. The smallest absolute Gasteiger partial charge is 0.406 e. The van der Waals surface area contributed by atoms with E-state index in [0.29, 0.717) is 13.1 Å². The summed E-state index contributed by atoms with van der Waals surface area (Å²) in [6, 6.07) is 11.9. The van der Waals surface area contributed by atoms with E-state index in [9.17, 15) is 17.6 Å². The van der Waals surface area contributed by atoms with Gasteiger partial charge >= 0.3 is 6.36 Å². The minimum atomic E-state index is -4.68. The minimum absolute atomic E-state index is 0.238. The van der Waals surface area contributed by atoms with Crippen LogP contribution in [0, 0.1) is 5.82 Å². The number of ether oxygens (including phenoxy) is 1. The first kappa shape index (κ1) is 16.3. The highest BCUT2D eigenvalue weighted by atomic mass is 19.4. The molecular weight excluding hydrogens is 298 g/mol. The molecule has 0 amide bonds. The molecule has 0 fully saturated rings. The highest BCUT2D eigenvalue weighted by Crippen LogP contribution is 2.23. The second-order valence-corrected chi connectivity index (χ2v) is 4.99. The van der Waals surface area contributed by atoms with Gasteiger partial charge in [-0.3, -0.25) is 4.90 Å². The lowest BCUT2D eigenvalue weighted by molar-refractivity contribution is -0.274. The van der Waals surface area contributed by atoms with E-state index in [1.54, 1.807) is 24.3 Å². The third kappa shape index (κ3) is 5.37. The Balaban J connectivity index is 1.91. The number of benzene rings is 2. The maximum absolute atomic E-state index is 12.8. The monoisotopic (exact) mass is 313 g/mol. The zero-order valence-corrected chi connectivity index (χ0v) is 11.9. The fourth-order valence-electron chi connectivity index (χ4n) is 2.07. The van der Waals surface area contributed by atoms with Crippen LogP contribution in [0.1, 0.15) is 11.1 Å². The molecule has 0 atom stereocenters. The summed E-state index contributed by atoms with van der Waals surface area (Å²) in [5.74, 6) is -0.524. The summed E-state index contributed by atoms with van der Waals surface area (Å²) in [4.78, 5) is 1.98. The molecule has 0 spiro atoms. The average Bonchev–Trinajstić information content (AvgIpc) is 2.42. The lowest BCUT2D eigenvalue weighted by atomic mass is 10.1. The largest absolute Gasteiger partial charge is 0.573 e. The second kappa shape index (κ2) is 6.79. The molecule has 0 aliphatic heterocycles. The molecule has 22 heavy (non-hydrogen) atoms. The van der Waals surface area contributed by atoms with Crippen molar-refractivity contribution in [3.63, 3.8) is 0 Å². The van der Waals surface area contributed by atoms with Crippen molar-refractivity contribution in [2.24, 2.45) is 0 Å². The first-order valence-corrected chi connectivity index (χ1v) is 6.59. The van der Waals surface area contributed by atoms with E-state index in [0.717, 1.165) is 11.1 Å². The molecule has 2 aromatic carbocycles. The Morgan fingerprint density at radius 3 is 1.77 bits per heavy atom. The van der Waals surface area contributed by atoms with Gasteiger partial charge in [0.15, 0.2) is 0 Å². The van der Waals surface area contributed by atoms with Crippen molar-refractivity contribution in [2.45, 2.75) is 19.5 Å². The second-order valence-electron chi connectivity index (χ2n) is 4.99. The SMILES string of the molecule is CN(Cc1ccc(F)cc1)Cc1ccc(OC(F)(F)F)cc1. The summed E-state index contributed by atoms with van der Waals surface area (Å²) >= 11 is 0. The average molecular weight is 313 g/mol. The molecule has 2 aromatic rings. The van der Waals surface area contributed by atoms with E-state index in [2.05, 4.69) is 4.74 Å². The maximum Gasteiger partial charge on any atom is 0.573 e. The zero-order valence-electron chi connectivity index (χ0n) is 11.9. The van der Waals surface area contributed by atoms with Crippen LogP contribution in [0.5, 0.6) is 5.75 Å². The highest BCUT2D eigenvalue weighted by molar-refractivity contribution is 5.27. The van der Waals surface area contributed by atoms with Gasteiger partial charge in [-0.25, -0.2) is 4.39 Å². The van der Waals surface area contributed by atoms with Gasteiger partial charge in [0.05, 0.1) is 0 Å². The van der Waals surface area contributed by atoms with Crippen LogP contribution >= 0.6 is 0 Å². The van der Waals surface area contributed by atoms with Crippen LogP contribution < -0.4 is 4.74 Å². The predicted molar refractivity (Wildman–Crippen MR) is 74.7 cm³/mol. The molecule has 2 nitrogen and oxygen atoms in total. The van der Waals surface area contributed by atoms with E-state index >= 15 is 0 Å². The third-order valence-corrected chi connectivity index (χ3v) is 2.98. The van der Waals surface area contributed by atoms with Gasteiger partial charge in [-0.2, -0.15) is 0 Å². The van der Waals surface area contributed by atoms with Gasteiger partial charge in [0.25, 0.3) is 0 Å². The quantitative estimate of drug-likeness (QED) is 0.761. The van der Waals surface area contributed by atoms with Gasteiger partial charge in [-0.15, -0.1) is 13.2 Å². The summed E-state index contributed by atoms with van der Waals surface area (Å²) < 4.78 is 52.8. The minimum Gasteiger partial charge on any atom is -0.406 e. The van der Waals surface area contributed by atoms with Crippen LogP contribution in [0.3, 0.4) is 0 Å². The molecule has 0 aliphatic rings. The lowest BCUT2D eigenvalue weighted by Crippen LogP contribution is -2.18. The number of rotatable bonds is 5. The molecule has 0 saturated carbocycles. The first-order chi connectivity index (χ1) is 10.3. The van der Waals surface area contributed by atoms with Crippen LogP contribution in [-0.2, 0) is 13.1 Å². The molecule has 0 radical (unpaired) electrons. The number of hydrogen-bond donors (Lipinski definition) is 0. The number of hydrogen-bond acceptors (Lipinski definition) is 2. The Morgan fingerprint density at radius 2 is 1.32 bits per heavy atom. The van der Waals surface area contributed by atoms with Crippen molar-refractivity contribution < 1.29 is 22.3 Å². The zero-order chi connectivity index (χ0) is 16.2. The molecule has 0 bridgehead atoms. The van der Waals surface area contributed by atoms with Crippen LogP contribution in [0.15, 0.2) is 48.5 Å². The van der Waals surface area contributed by atoms with E-state index in [1.807, 2.05) is 11.9 Å². The summed E-state index contributed by atoms with van der Waals surface area (Å²) in [5, 5.41) is 0. The van der Waals surface area contributed by atoms with E-state index in [-0.39, 0.29) is 11.6 Å². The van der Waals surface area contributed by atoms with Crippen LogP contribution in [0.4, 0.5) is 17.6 Å². The van der Waals surface area contributed by atoms with Crippen molar-refractivity contribution >= 4 is 0 Å². The topological polar surface area (TPSA) is 12.5 Å². The van der Waals surface area contributed by atoms with Crippen molar-refractivity contribution in [3.05, 3.63) is 65.5 Å². The number of nitrogens with zero attached hydrogens (tertiary/aromatic N) is 1. The maximum atomic E-state index is 12.8. The third-order valence-electron chi connectivity index (χ3n) is 2.98. The van der Waals surface area contributed by atoms with Crippen LogP contribution in [0.2, 0.25) is 0 Å². The molecule has 0 saturated heterocycles. The highest BCUT2D eigenvalue weighted by Gasteiger charge is 2.30. The standard InChI is InChI=1S/C16H15F4NO/c1-21(10-12-2-6-14(17)7-3-12)11-13-4-8-15(9-5-13)22-16(18,19)20/h2-9H,10-11H2,1H3. The van der Waals surface area contributed by atoms with Crippen molar-refractivity contribution in [3.8, 4) is 5.75 Å². The molecule has 6 heteroatoms. The summed E-state index contributed by atoms with van der Waals surface area (Å²) in [6.45, 7) is 1.17. The Morgan fingerprint density at radius 1 is 0.864 bits per heavy atom. The first-order valence-electron chi connectivity index (χ1n) is 6.59. The van der Waals surface area contributed by atoms with Crippen LogP contribution in [-0.4, -0.2) is 18.3 Å². The Labute approximate surface area is 125 Å². The fourth-order valence-corrected chi connectivity index (χ4v) is 2.07. The summed E-state index contributed by atoms with van der Waals surface area (Å²) in [7, 11) is 1.88. The molecule has 0 aromatic heterocycles. The number of halogens is 4. The van der Waals surface area contributed by atoms with Crippen molar-refractivity contribution in [1.29, 1.82) is 0 Å². The molecule has 0 unspecified atom stereocenters. The number of alkyl halides is 3. The molecule has 0 N–H and O–H groups in total. The Bertz CT molecular complexity index is 593. The summed E-state index contributed by atoms with van der Waals surface area (Å²) in [5.41, 5.74) is 1.82. The Hall–Kier alpha value is -2.08. The van der Waals surface area contributed by atoms with Crippen LogP contribution in [0.25, 0.3) is 0 Å². The van der Waals surface area contributed by atoms with E-state index < -0.39 is 6.36 Å². The molecular formula is C16H15F4NO. The van der Waals surface area contributed by atoms with Gasteiger partial charge in [0.1, 0.15) is 11.6 Å². The van der Waals surface area contributed by atoms with E-state index in [1.165, 1.54) is 24.3 Å². The molecule has 0 aliphatic carbocycles. The van der Waals surface area contributed by atoms with Crippen molar-refractivity contribution in [1.82, 2.24) is 4.90 Å². The van der Waals surface area contributed by atoms with Gasteiger partial charge in [-0.1, -0.05) is 24.3 Å². The van der Waals surface area contributed by atoms with Gasteiger partial charge in [-0.05, 0) is 42.4 Å². The lowest BCUT2D eigenvalue weighted by Gasteiger charge is -2.17. The van der Waals surface area contributed by atoms with Gasteiger partial charge in [0, 0.05) is 13.1 Å². The normalized spacial score (nSPS) is 11.7. The van der Waals surface area contributed by atoms with E-state index in [4.69, 9.17) is 0 Å². The molecule has 0 heterocycles. The van der Waals surface area contributed by atoms with Gasteiger partial charge < -0.3 is 4.74 Å². The predicted octanol–water partition coefficient (Wildman–Crippen LogP) is 4.36. The molecule has 2 rings (SSSR count). The van der Waals surface area contributed by atoms with Gasteiger partial charge in [0.2, 0.25) is 0 Å². The Kier molecular flexibility index (Phi) is 5.03. The van der Waals surface area contributed by atoms with Crippen molar-refractivity contribution in [2.75, 3.05) is 7.05 Å². The fraction of sp³-hybridized carbons (Fsp3) is 0.250. The molecule has 118 valence electrons.